The first-order valence-electron chi connectivity index (χ1n) is 8.84. The van der Waals surface area contributed by atoms with Gasteiger partial charge in [0, 0.05) is 30.1 Å². The Balaban J connectivity index is 1.63. The molecule has 1 amide bonds. The van der Waals surface area contributed by atoms with Gasteiger partial charge in [-0.1, -0.05) is 36.9 Å². The predicted octanol–water partition coefficient (Wildman–Crippen LogP) is 1.37. The Labute approximate surface area is 164 Å². The Bertz CT molecular complexity index is 1040. The second-order valence-corrected chi connectivity index (χ2v) is 7.22. The fourth-order valence-electron chi connectivity index (χ4n) is 2.92. The summed E-state index contributed by atoms with van der Waals surface area (Å²) < 4.78 is 1.46. The molecule has 9 nitrogen and oxygen atoms in total. The van der Waals surface area contributed by atoms with Crippen LogP contribution in [-0.2, 0) is 22.6 Å². The van der Waals surface area contributed by atoms with E-state index in [0.717, 1.165) is 34.6 Å². The van der Waals surface area contributed by atoms with Crippen LogP contribution in [0, 0.1) is 0 Å². The molecule has 0 spiro atoms. The van der Waals surface area contributed by atoms with Gasteiger partial charge in [0.2, 0.25) is 5.91 Å². The van der Waals surface area contributed by atoms with Gasteiger partial charge in [0.25, 0.3) is 0 Å². The van der Waals surface area contributed by atoms with Gasteiger partial charge in [-0.3, -0.25) is 9.36 Å². The number of carboxylic acids is 1. The van der Waals surface area contributed by atoms with E-state index in [2.05, 4.69) is 20.5 Å². The van der Waals surface area contributed by atoms with Gasteiger partial charge in [0.05, 0.1) is 5.75 Å². The molecule has 4 N–H and O–H groups in total. The van der Waals surface area contributed by atoms with Crippen molar-refractivity contribution in [3.63, 3.8) is 0 Å². The lowest BCUT2D eigenvalue weighted by atomic mass is 10.1. The van der Waals surface area contributed by atoms with Crippen molar-refractivity contribution in [2.75, 3.05) is 5.75 Å². The minimum Gasteiger partial charge on any atom is -0.480 e. The summed E-state index contributed by atoms with van der Waals surface area (Å²) in [4.78, 5) is 38.7. The zero-order chi connectivity index (χ0) is 20.1. The number of para-hydroxylation sites is 1. The van der Waals surface area contributed by atoms with E-state index in [9.17, 15) is 19.5 Å². The summed E-state index contributed by atoms with van der Waals surface area (Å²) in [6.45, 7) is 2.43. The fourth-order valence-corrected chi connectivity index (χ4v) is 3.70. The van der Waals surface area contributed by atoms with E-state index in [1.807, 2.05) is 31.2 Å². The van der Waals surface area contributed by atoms with Crippen LogP contribution in [0.3, 0.4) is 0 Å². The van der Waals surface area contributed by atoms with Crippen LogP contribution in [0.2, 0.25) is 0 Å². The molecule has 0 radical (unpaired) electrons. The molecule has 28 heavy (non-hydrogen) atoms. The number of amides is 1. The van der Waals surface area contributed by atoms with E-state index < -0.39 is 17.9 Å². The lowest BCUT2D eigenvalue weighted by molar-refractivity contribution is -0.141. The van der Waals surface area contributed by atoms with Gasteiger partial charge in [0.15, 0.2) is 5.16 Å². The highest BCUT2D eigenvalue weighted by Gasteiger charge is 2.22. The van der Waals surface area contributed by atoms with Crippen LogP contribution in [0.5, 0.6) is 0 Å². The average molecular weight is 403 g/mol. The number of fused-ring (bicyclic) bond motifs is 1. The fraction of sp³-hybridized carbons (Fsp3) is 0.333. The molecule has 0 unspecified atom stereocenters. The smallest absolute Gasteiger partial charge is 0.343 e. The zero-order valence-corrected chi connectivity index (χ0v) is 16.1. The third kappa shape index (κ3) is 4.45. The maximum absolute atomic E-state index is 12.3. The van der Waals surface area contributed by atoms with Gasteiger partial charge in [-0.05, 0) is 18.1 Å². The number of aromatic nitrogens is 4. The van der Waals surface area contributed by atoms with Gasteiger partial charge >= 0.3 is 11.7 Å². The average Bonchev–Trinajstić information content (AvgIpc) is 3.24. The van der Waals surface area contributed by atoms with E-state index in [4.69, 9.17) is 0 Å². The van der Waals surface area contributed by atoms with Crippen LogP contribution < -0.4 is 11.0 Å². The molecule has 0 aliphatic rings. The molecule has 0 saturated heterocycles. The number of carboxylic acid groups (broad SMARTS) is 1. The summed E-state index contributed by atoms with van der Waals surface area (Å²) in [5, 5.41) is 19.6. The number of carbonyl (C=O) groups is 2. The lowest BCUT2D eigenvalue weighted by Crippen LogP contribution is -2.43. The van der Waals surface area contributed by atoms with Crippen molar-refractivity contribution in [3.05, 3.63) is 46.5 Å². The molecule has 1 atom stereocenters. The van der Waals surface area contributed by atoms with E-state index in [1.54, 1.807) is 6.20 Å². The molecule has 148 valence electrons. The lowest BCUT2D eigenvalue weighted by Gasteiger charge is -2.14. The molecule has 0 saturated carbocycles. The Morgan fingerprint density at radius 2 is 2.14 bits per heavy atom. The molecule has 1 aromatic carbocycles. The molecule has 0 bridgehead atoms. The molecule has 0 fully saturated rings. The Hall–Kier alpha value is -3.01. The second kappa shape index (κ2) is 8.79. The Kier molecular flexibility index (Phi) is 6.19. The number of hydrogen-bond donors (Lipinski definition) is 4. The van der Waals surface area contributed by atoms with Crippen molar-refractivity contribution >= 4 is 34.5 Å². The van der Waals surface area contributed by atoms with Crippen LogP contribution >= 0.6 is 11.8 Å². The van der Waals surface area contributed by atoms with Crippen LogP contribution in [-0.4, -0.2) is 48.5 Å². The van der Waals surface area contributed by atoms with Crippen LogP contribution in [0.1, 0.15) is 18.9 Å². The molecular formula is C18H21N5O4S. The Morgan fingerprint density at radius 1 is 1.36 bits per heavy atom. The maximum atomic E-state index is 12.3. The summed E-state index contributed by atoms with van der Waals surface area (Å²) in [5.74, 6) is -1.58. The van der Waals surface area contributed by atoms with Gasteiger partial charge in [-0.15, -0.1) is 5.10 Å². The van der Waals surface area contributed by atoms with Crippen molar-refractivity contribution in [3.8, 4) is 0 Å². The number of benzene rings is 1. The van der Waals surface area contributed by atoms with Crippen molar-refractivity contribution in [2.24, 2.45) is 0 Å². The standard InChI is InChI=1S/C18H21N5O4S/c1-2-7-23-17(27)21-22-18(23)28-10-15(24)20-14(16(25)26)8-11-9-19-13-6-4-3-5-12(11)13/h3-6,9,14,19H,2,7-8,10H2,1H3,(H,20,24)(H,21,27)(H,25,26)/t14-/m0/s1. The first-order valence-corrected chi connectivity index (χ1v) is 9.83. The first-order chi connectivity index (χ1) is 13.5. The topological polar surface area (TPSA) is 133 Å². The van der Waals surface area contributed by atoms with Crippen molar-refractivity contribution in [1.82, 2.24) is 25.1 Å². The number of rotatable bonds is 9. The number of nitrogens with one attached hydrogen (secondary N) is 3. The highest BCUT2D eigenvalue weighted by molar-refractivity contribution is 7.99. The summed E-state index contributed by atoms with van der Waals surface area (Å²) in [5.41, 5.74) is 1.41. The maximum Gasteiger partial charge on any atom is 0.343 e. The number of thioether (sulfide) groups is 1. The number of nitrogens with zero attached hydrogens (tertiary/aromatic N) is 2. The first kappa shape index (κ1) is 19.7. The predicted molar refractivity (Wildman–Crippen MR) is 105 cm³/mol. The van der Waals surface area contributed by atoms with E-state index in [1.165, 1.54) is 4.57 Å². The van der Waals surface area contributed by atoms with Crippen molar-refractivity contribution in [2.45, 2.75) is 37.5 Å². The summed E-state index contributed by atoms with van der Waals surface area (Å²) >= 11 is 1.09. The monoisotopic (exact) mass is 403 g/mol. The Morgan fingerprint density at radius 3 is 2.89 bits per heavy atom. The number of aromatic amines is 2. The SMILES string of the molecule is CCCn1c(SCC(=O)N[C@@H](Cc2c[nH]c3ccccc23)C(=O)O)n[nH]c1=O. The minimum atomic E-state index is -1.11. The summed E-state index contributed by atoms with van der Waals surface area (Å²) in [7, 11) is 0. The molecule has 0 aliphatic carbocycles. The molecule has 2 aromatic heterocycles. The number of carbonyl (C=O) groups excluding carboxylic acids is 1. The van der Waals surface area contributed by atoms with Gasteiger partial charge in [0.1, 0.15) is 6.04 Å². The largest absolute Gasteiger partial charge is 0.480 e. The van der Waals surface area contributed by atoms with E-state index in [0.29, 0.717) is 11.7 Å². The molecule has 0 aliphatic heterocycles. The van der Waals surface area contributed by atoms with Gasteiger partial charge in [-0.25, -0.2) is 14.7 Å². The van der Waals surface area contributed by atoms with Crippen LogP contribution in [0.25, 0.3) is 10.9 Å². The highest BCUT2D eigenvalue weighted by atomic mass is 32.2. The molecule has 3 aromatic rings. The molecule has 10 heteroatoms. The minimum absolute atomic E-state index is 0.0360. The van der Waals surface area contributed by atoms with Gasteiger partial charge in [-0.2, -0.15) is 0 Å². The molecular weight excluding hydrogens is 382 g/mol. The normalized spacial score (nSPS) is 12.2. The summed E-state index contributed by atoms with van der Waals surface area (Å²) in [6, 6.07) is 6.53. The van der Waals surface area contributed by atoms with Crippen LogP contribution in [0.4, 0.5) is 0 Å². The highest BCUT2D eigenvalue weighted by Crippen LogP contribution is 2.19. The zero-order valence-electron chi connectivity index (χ0n) is 15.3. The van der Waals surface area contributed by atoms with E-state index >= 15 is 0 Å². The van der Waals surface area contributed by atoms with Crippen molar-refractivity contribution < 1.29 is 14.7 Å². The third-order valence-corrected chi connectivity index (χ3v) is 5.21. The van der Waals surface area contributed by atoms with Gasteiger partial charge < -0.3 is 15.4 Å². The number of H-pyrrole nitrogens is 2. The van der Waals surface area contributed by atoms with Crippen LogP contribution in [0.15, 0.2) is 40.4 Å². The van der Waals surface area contributed by atoms with Crippen molar-refractivity contribution in [1.29, 1.82) is 0 Å². The molecule has 2 heterocycles. The summed E-state index contributed by atoms with van der Waals surface area (Å²) in [6.07, 6.45) is 2.68. The third-order valence-electron chi connectivity index (χ3n) is 4.24. The number of aliphatic carboxylic acids is 1. The quantitative estimate of drug-likeness (QED) is 0.399. The molecule has 3 rings (SSSR count). The van der Waals surface area contributed by atoms with E-state index in [-0.39, 0.29) is 17.9 Å². The number of hydrogen-bond acceptors (Lipinski definition) is 5. The second-order valence-electron chi connectivity index (χ2n) is 6.27.